The van der Waals surface area contributed by atoms with Gasteiger partial charge in [-0.15, -0.1) is 24.0 Å². The van der Waals surface area contributed by atoms with Crippen molar-refractivity contribution in [2.24, 2.45) is 10.7 Å². The maximum Gasteiger partial charge on any atom is 0.193 e. The SMILES string of the molecule is Cc1nccn1CCN=C(N)Nc1cccc2c1CCCC2.I. The molecule has 5 nitrogen and oxygen atoms in total. The van der Waals surface area contributed by atoms with Crippen molar-refractivity contribution in [3.05, 3.63) is 47.5 Å². The lowest BCUT2D eigenvalue weighted by molar-refractivity contribution is 0.684. The summed E-state index contributed by atoms with van der Waals surface area (Å²) in [5.74, 6) is 1.48. The van der Waals surface area contributed by atoms with Gasteiger partial charge in [0.05, 0.1) is 6.54 Å². The lowest BCUT2D eigenvalue weighted by Gasteiger charge is -2.19. The van der Waals surface area contributed by atoms with Crippen molar-refractivity contribution >= 4 is 35.6 Å². The third kappa shape index (κ3) is 4.46. The Bertz CT molecular complexity index is 677. The molecule has 1 heterocycles. The topological polar surface area (TPSA) is 68.2 Å². The number of imidazole rings is 1. The third-order valence-corrected chi connectivity index (χ3v) is 4.21. The highest BCUT2D eigenvalue weighted by atomic mass is 127. The Morgan fingerprint density at radius 3 is 2.96 bits per heavy atom. The Morgan fingerprint density at radius 1 is 1.35 bits per heavy atom. The second-order valence-electron chi connectivity index (χ2n) is 5.71. The van der Waals surface area contributed by atoms with Crippen LogP contribution in [0.2, 0.25) is 0 Å². The zero-order valence-corrected chi connectivity index (χ0v) is 15.8. The highest BCUT2D eigenvalue weighted by Gasteiger charge is 2.12. The van der Waals surface area contributed by atoms with E-state index < -0.39 is 0 Å². The lowest BCUT2D eigenvalue weighted by atomic mass is 9.90. The highest BCUT2D eigenvalue weighted by Crippen LogP contribution is 2.27. The summed E-state index contributed by atoms with van der Waals surface area (Å²) in [7, 11) is 0. The Hall–Kier alpha value is -1.57. The Balaban J connectivity index is 0.00000192. The first-order valence-electron chi connectivity index (χ1n) is 7.89. The Kier molecular flexibility index (Phi) is 6.44. The van der Waals surface area contributed by atoms with Gasteiger partial charge in [-0.05, 0) is 49.8 Å². The minimum Gasteiger partial charge on any atom is -0.370 e. The number of rotatable bonds is 4. The molecule has 0 unspecified atom stereocenters. The van der Waals surface area contributed by atoms with E-state index in [1.165, 1.54) is 30.4 Å². The first kappa shape index (κ1) is 17.8. The number of fused-ring (bicyclic) bond motifs is 1. The molecule has 124 valence electrons. The molecule has 1 aromatic heterocycles. The number of guanidine groups is 1. The molecule has 3 rings (SSSR count). The van der Waals surface area contributed by atoms with E-state index in [2.05, 4.69) is 38.1 Å². The molecule has 23 heavy (non-hydrogen) atoms. The van der Waals surface area contributed by atoms with Crippen molar-refractivity contribution in [2.75, 3.05) is 11.9 Å². The van der Waals surface area contributed by atoms with Gasteiger partial charge in [-0.3, -0.25) is 4.99 Å². The van der Waals surface area contributed by atoms with Gasteiger partial charge in [0.15, 0.2) is 5.96 Å². The summed E-state index contributed by atoms with van der Waals surface area (Å²) in [4.78, 5) is 8.62. The van der Waals surface area contributed by atoms with Crippen LogP contribution in [0, 0.1) is 6.92 Å². The molecule has 0 amide bonds. The second kappa shape index (κ2) is 8.33. The van der Waals surface area contributed by atoms with Crippen molar-refractivity contribution in [3.63, 3.8) is 0 Å². The summed E-state index contributed by atoms with van der Waals surface area (Å²) in [6.07, 6.45) is 8.59. The molecule has 0 aliphatic heterocycles. The molecule has 0 bridgehead atoms. The fraction of sp³-hybridized carbons (Fsp3) is 0.412. The fourth-order valence-corrected chi connectivity index (χ4v) is 2.99. The predicted molar refractivity (Wildman–Crippen MR) is 106 cm³/mol. The first-order chi connectivity index (χ1) is 10.7. The standard InChI is InChI=1S/C17H23N5.HI/c1-13-19-9-11-22(13)12-10-20-17(18)21-16-8-4-6-14-5-2-3-7-15(14)16;/h4,6,8-9,11H,2-3,5,7,10,12H2,1H3,(H3,18,20,21);1H. The van der Waals surface area contributed by atoms with Crippen LogP contribution in [0.3, 0.4) is 0 Å². The quantitative estimate of drug-likeness (QED) is 0.450. The Morgan fingerprint density at radius 2 is 2.17 bits per heavy atom. The van der Waals surface area contributed by atoms with Crippen molar-refractivity contribution in [2.45, 2.75) is 39.2 Å². The van der Waals surface area contributed by atoms with Crippen LogP contribution >= 0.6 is 24.0 Å². The lowest BCUT2D eigenvalue weighted by Crippen LogP contribution is -2.24. The van der Waals surface area contributed by atoms with E-state index in [0.29, 0.717) is 12.5 Å². The number of nitrogens with two attached hydrogens (primary N) is 1. The van der Waals surface area contributed by atoms with Crippen molar-refractivity contribution in [1.82, 2.24) is 9.55 Å². The maximum atomic E-state index is 6.03. The van der Waals surface area contributed by atoms with Crippen LogP contribution in [-0.4, -0.2) is 22.1 Å². The summed E-state index contributed by atoms with van der Waals surface area (Å²) in [5, 5.41) is 3.27. The molecule has 1 aliphatic carbocycles. The predicted octanol–water partition coefficient (Wildman–Crippen LogP) is 3.12. The van der Waals surface area contributed by atoms with Gasteiger partial charge in [-0.2, -0.15) is 0 Å². The van der Waals surface area contributed by atoms with E-state index in [-0.39, 0.29) is 24.0 Å². The number of aryl methyl sites for hydroxylation is 2. The molecule has 6 heteroatoms. The minimum absolute atomic E-state index is 0. The molecular formula is C17H24IN5. The third-order valence-electron chi connectivity index (χ3n) is 4.21. The summed E-state index contributed by atoms with van der Waals surface area (Å²) in [5.41, 5.74) is 9.98. The molecule has 0 saturated heterocycles. The van der Waals surface area contributed by atoms with Gasteiger partial charge < -0.3 is 15.6 Å². The number of anilines is 1. The van der Waals surface area contributed by atoms with E-state index in [9.17, 15) is 0 Å². The molecule has 1 aliphatic rings. The van der Waals surface area contributed by atoms with Crippen molar-refractivity contribution in [1.29, 1.82) is 0 Å². The maximum absolute atomic E-state index is 6.03. The average molecular weight is 425 g/mol. The van der Waals surface area contributed by atoms with Crippen LogP contribution in [0.1, 0.15) is 29.8 Å². The van der Waals surface area contributed by atoms with Crippen LogP contribution < -0.4 is 11.1 Å². The number of aromatic nitrogens is 2. The van der Waals surface area contributed by atoms with Crippen LogP contribution in [-0.2, 0) is 19.4 Å². The summed E-state index contributed by atoms with van der Waals surface area (Å²) < 4.78 is 2.07. The van der Waals surface area contributed by atoms with Crippen LogP contribution in [0.15, 0.2) is 35.6 Å². The average Bonchev–Trinajstić information content (AvgIpc) is 2.93. The molecule has 1 aromatic carbocycles. The van der Waals surface area contributed by atoms with Crippen molar-refractivity contribution in [3.8, 4) is 0 Å². The normalized spacial score (nSPS) is 14.0. The molecule has 0 saturated carbocycles. The van der Waals surface area contributed by atoms with Crippen molar-refractivity contribution < 1.29 is 0 Å². The molecule has 2 aromatic rings. The summed E-state index contributed by atoms with van der Waals surface area (Å²) in [6, 6.07) is 6.40. The number of nitrogens with zero attached hydrogens (tertiary/aromatic N) is 3. The van der Waals surface area contributed by atoms with E-state index >= 15 is 0 Å². The molecule has 0 spiro atoms. The number of aliphatic imine (C=N–C) groups is 1. The first-order valence-corrected chi connectivity index (χ1v) is 7.89. The molecule has 3 N–H and O–H groups in total. The van der Waals surface area contributed by atoms with Gasteiger partial charge in [0, 0.05) is 24.6 Å². The van der Waals surface area contributed by atoms with Crippen LogP contribution in [0.4, 0.5) is 5.69 Å². The zero-order chi connectivity index (χ0) is 15.4. The smallest absolute Gasteiger partial charge is 0.193 e. The number of hydrogen-bond donors (Lipinski definition) is 2. The van der Waals surface area contributed by atoms with E-state index in [1.807, 2.05) is 13.1 Å². The van der Waals surface area contributed by atoms with Gasteiger partial charge in [-0.1, -0.05) is 12.1 Å². The number of benzene rings is 1. The van der Waals surface area contributed by atoms with Gasteiger partial charge in [0.25, 0.3) is 0 Å². The summed E-state index contributed by atoms with van der Waals surface area (Å²) >= 11 is 0. The van der Waals surface area contributed by atoms with Gasteiger partial charge in [0.2, 0.25) is 0 Å². The minimum atomic E-state index is 0. The van der Waals surface area contributed by atoms with Crippen LogP contribution in [0.5, 0.6) is 0 Å². The van der Waals surface area contributed by atoms with E-state index in [0.717, 1.165) is 24.5 Å². The number of halogens is 1. The zero-order valence-electron chi connectivity index (χ0n) is 13.5. The monoisotopic (exact) mass is 425 g/mol. The number of nitrogens with one attached hydrogen (secondary N) is 1. The van der Waals surface area contributed by atoms with Gasteiger partial charge in [-0.25, -0.2) is 4.98 Å². The Labute approximate surface area is 154 Å². The second-order valence-corrected chi connectivity index (χ2v) is 5.71. The van der Waals surface area contributed by atoms with E-state index in [4.69, 9.17) is 5.73 Å². The molecule has 0 radical (unpaired) electrons. The summed E-state index contributed by atoms with van der Waals surface area (Å²) in [6.45, 7) is 3.42. The molecule has 0 fully saturated rings. The van der Waals surface area contributed by atoms with Gasteiger partial charge in [0.1, 0.15) is 5.82 Å². The van der Waals surface area contributed by atoms with E-state index in [1.54, 1.807) is 6.20 Å². The highest BCUT2D eigenvalue weighted by molar-refractivity contribution is 14.0. The molecule has 0 atom stereocenters. The largest absolute Gasteiger partial charge is 0.370 e. The number of hydrogen-bond acceptors (Lipinski definition) is 2. The molecular weight excluding hydrogens is 401 g/mol. The van der Waals surface area contributed by atoms with Crippen LogP contribution in [0.25, 0.3) is 0 Å². The van der Waals surface area contributed by atoms with Gasteiger partial charge >= 0.3 is 0 Å². The fourth-order valence-electron chi connectivity index (χ4n) is 2.99.